The Morgan fingerprint density at radius 3 is 2.76 bits per heavy atom. The van der Waals surface area contributed by atoms with Crippen molar-refractivity contribution in [3.05, 3.63) is 0 Å². The van der Waals surface area contributed by atoms with E-state index < -0.39 is 9.84 Å². The van der Waals surface area contributed by atoms with Crippen LogP contribution in [0, 0.1) is 0 Å². The number of nitrogens with one attached hydrogen (secondary N) is 1. The van der Waals surface area contributed by atoms with E-state index in [9.17, 15) is 8.42 Å². The van der Waals surface area contributed by atoms with Gasteiger partial charge in [-0.2, -0.15) is 0 Å². The van der Waals surface area contributed by atoms with Gasteiger partial charge in [-0.05, 0) is 32.5 Å². The number of likely N-dealkylation sites (N-methyl/N-ethyl adjacent to an activating group) is 1. The summed E-state index contributed by atoms with van der Waals surface area (Å²) in [7, 11) is -2.81. The summed E-state index contributed by atoms with van der Waals surface area (Å²) in [5.74, 6) is 0.595. The van der Waals surface area contributed by atoms with E-state index in [0.29, 0.717) is 12.3 Å². The Hall–Kier alpha value is -0.170. The van der Waals surface area contributed by atoms with Crippen LogP contribution in [0.5, 0.6) is 0 Å². The lowest BCUT2D eigenvalue weighted by Gasteiger charge is -2.22. The van der Waals surface area contributed by atoms with Crippen LogP contribution in [0.15, 0.2) is 0 Å². The van der Waals surface area contributed by atoms with Crippen molar-refractivity contribution in [3.63, 3.8) is 0 Å². The number of sulfone groups is 1. The quantitative estimate of drug-likeness (QED) is 0.675. The van der Waals surface area contributed by atoms with Gasteiger partial charge in [0.25, 0.3) is 0 Å². The molecule has 6 heteroatoms. The Bertz CT molecular complexity index is 306. The lowest BCUT2D eigenvalue weighted by molar-refractivity contribution is 0.211. The highest BCUT2D eigenvalue weighted by Crippen LogP contribution is 2.06. The molecule has 0 saturated carbocycles. The Balaban J connectivity index is 2.31. The van der Waals surface area contributed by atoms with Crippen molar-refractivity contribution in [3.8, 4) is 0 Å². The van der Waals surface area contributed by atoms with Crippen LogP contribution in [0.25, 0.3) is 0 Å². The molecule has 2 N–H and O–H groups in total. The average molecular weight is 264 g/mol. The number of aliphatic hydroxyl groups is 1. The molecule has 102 valence electrons. The van der Waals surface area contributed by atoms with Gasteiger partial charge in [0.2, 0.25) is 0 Å². The van der Waals surface area contributed by atoms with Gasteiger partial charge in [0.05, 0.1) is 18.1 Å². The van der Waals surface area contributed by atoms with Crippen LogP contribution >= 0.6 is 0 Å². The van der Waals surface area contributed by atoms with Crippen molar-refractivity contribution in [1.82, 2.24) is 10.2 Å². The second-order valence-corrected chi connectivity index (χ2v) is 6.88. The van der Waals surface area contributed by atoms with Gasteiger partial charge in [-0.3, -0.25) is 0 Å². The van der Waals surface area contributed by atoms with Crippen LogP contribution in [0.4, 0.5) is 0 Å². The highest BCUT2D eigenvalue weighted by molar-refractivity contribution is 7.91. The summed E-state index contributed by atoms with van der Waals surface area (Å²) in [4.78, 5) is 2.19. The predicted molar refractivity (Wildman–Crippen MR) is 68.9 cm³/mol. The van der Waals surface area contributed by atoms with E-state index in [2.05, 4.69) is 10.2 Å². The van der Waals surface area contributed by atoms with Crippen molar-refractivity contribution in [1.29, 1.82) is 0 Å². The first-order valence-electron chi connectivity index (χ1n) is 6.34. The lowest BCUT2D eigenvalue weighted by atomic mass is 10.2. The number of rotatable bonds is 6. The first-order valence-corrected chi connectivity index (χ1v) is 8.16. The first kappa shape index (κ1) is 14.9. The Morgan fingerprint density at radius 1 is 1.35 bits per heavy atom. The zero-order valence-corrected chi connectivity index (χ0v) is 11.4. The van der Waals surface area contributed by atoms with Gasteiger partial charge < -0.3 is 15.3 Å². The monoisotopic (exact) mass is 264 g/mol. The second-order valence-electron chi connectivity index (χ2n) is 4.57. The van der Waals surface area contributed by atoms with E-state index in [1.807, 2.05) is 6.92 Å². The zero-order chi connectivity index (χ0) is 12.7. The van der Waals surface area contributed by atoms with Gasteiger partial charge in [-0.1, -0.05) is 6.92 Å². The molecule has 0 amide bonds. The van der Waals surface area contributed by atoms with Gasteiger partial charge in [0.1, 0.15) is 0 Å². The topological polar surface area (TPSA) is 69.6 Å². The minimum absolute atomic E-state index is 0.125. The van der Waals surface area contributed by atoms with E-state index in [1.165, 1.54) is 0 Å². The molecule has 0 aromatic heterocycles. The van der Waals surface area contributed by atoms with Crippen LogP contribution in [-0.4, -0.2) is 68.8 Å². The third-order valence-corrected chi connectivity index (χ3v) is 4.87. The van der Waals surface area contributed by atoms with Crippen molar-refractivity contribution in [2.24, 2.45) is 0 Å². The fraction of sp³-hybridized carbons (Fsp3) is 1.00. The predicted octanol–water partition coefficient (Wildman–Crippen LogP) is -0.533. The Labute approximate surface area is 104 Å². The maximum absolute atomic E-state index is 11.4. The van der Waals surface area contributed by atoms with Gasteiger partial charge in [0, 0.05) is 12.6 Å². The Kier molecular flexibility index (Phi) is 6.40. The summed E-state index contributed by atoms with van der Waals surface area (Å²) in [5.41, 5.74) is 0. The molecule has 1 saturated heterocycles. The summed E-state index contributed by atoms with van der Waals surface area (Å²) in [6, 6.07) is 0.125. The van der Waals surface area contributed by atoms with Gasteiger partial charge in [-0.15, -0.1) is 0 Å². The standard InChI is InChI=1S/C11H24N2O3S/c1-2-12-11(10-14)4-6-13-5-3-8-17(15,16)9-7-13/h11-12,14H,2-10H2,1H3. The molecule has 0 aliphatic carbocycles. The highest BCUT2D eigenvalue weighted by Gasteiger charge is 2.19. The smallest absolute Gasteiger partial charge is 0.151 e. The van der Waals surface area contributed by atoms with Crippen molar-refractivity contribution in [2.75, 3.05) is 44.3 Å². The van der Waals surface area contributed by atoms with E-state index in [0.717, 1.165) is 32.5 Å². The largest absolute Gasteiger partial charge is 0.395 e. The van der Waals surface area contributed by atoms with Crippen LogP contribution < -0.4 is 5.32 Å². The number of aliphatic hydroxyl groups excluding tert-OH is 1. The lowest BCUT2D eigenvalue weighted by Crippen LogP contribution is -2.37. The molecule has 17 heavy (non-hydrogen) atoms. The molecular weight excluding hydrogens is 240 g/mol. The van der Waals surface area contributed by atoms with Gasteiger partial charge in [0.15, 0.2) is 9.84 Å². The third-order valence-electron chi connectivity index (χ3n) is 3.16. The maximum Gasteiger partial charge on any atom is 0.151 e. The van der Waals surface area contributed by atoms with Crippen molar-refractivity contribution >= 4 is 9.84 Å². The van der Waals surface area contributed by atoms with Gasteiger partial charge in [-0.25, -0.2) is 8.42 Å². The van der Waals surface area contributed by atoms with Crippen LogP contribution in [0.3, 0.4) is 0 Å². The molecule has 1 aliphatic heterocycles. The molecule has 0 radical (unpaired) electrons. The van der Waals surface area contributed by atoms with Crippen molar-refractivity contribution in [2.45, 2.75) is 25.8 Å². The summed E-state index contributed by atoms with van der Waals surface area (Å²) >= 11 is 0. The van der Waals surface area contributed by atoms with Crippen LogP contribution in [0.1, 0.15) is 19.8 Å². The summed E-state index contributed by atoms with van der Waals surface area (Å²) in [6.07, 6.45) is 1.59. The molecule has 0 aromatic rings. The molecule has 1 atom stereocenters. The average Bonchev–Trinajstić information content (AvgIpc) is 2.46. The SMILES string of the molecule is CCNC(CO)CCN1CCCS(=O)(=O)CC1. The minimum atomic E-state index is -2.81. The molecule has 0 bridgehead atoms. The van der Waals surface area contributed by atoms with Crippen molar-refractivity contribution < 1.29 is 13.5 Å². The molecular formula is C11H24N2O3S. The summed E-state index contributed by atoms with van der Waals surface area (Å²) in [6.45, 7) is 5.34. The normalized spacial score (nSPS) is 23.2. The molecule has 1 unspecified atom stereocenters. The maximum atomic E-state index is 11.4. The fourth-order valence-corrected chi connectivity index (χ4v) is 3.41. The summed E-state index contributed by atoms with van der Waals surface area (Å²) < 4.78 is 22.9. The zero-order valence-electron chi connectivity index (χ0n) is 10.6. The molecule has 1 aliphatic rings. The molecule has 1 rings (SSSR count). The molecule has 5 nitrogen and oxygen atoms in total. The van der Waals surface area contributed by atoms with Crippen LogP contribution in [0.2, 0.25) is 0 Å². The summed E-state index contributed by atoms with van der Waals surface area (Å²) in [5, 5.41) is 12.4. The number of nitrogens with zero attached hydrogens (tertiary/aromatic N) is 1. The third kappa shape index (κ3) is 5.81. The van der Waals surface area contributed by atoms with E-state index in [4.69, 9.17) is 5.11 Å². The Morgan fingerprint density at radius 2 is 2.12 bits per heavy atom. The van der Waals surface area contributed by atoms with Crippen LogP contribution in [-0.2, 0) is 9.84 Å². The van der Waals surface area contributed by atoms with Gasteiger partial charge >= 0.3 is 0 Å². The number of hydrogen-bond acceptors (Lipinski definition) is 5. The minimum Gasteiger partial charge on any atom is -0.395 e. The molecule has 0 aromatic carbocycles. The first-order chi connectivity index (χ1) is 8.07. The second kappa shape index (κ2) is 7.31. The van der Waals surface area contributed by atoms with E-state index in [-0.39, 0.29) is 18.4 Å². The fourth-order valence-electron chi connectivity index (χ4n) is 2.10. The number of hydrogen-bond donors (Lipinski definition) is 2. The van der Waals surface area contributed by atoms with E-state index in [1.54, 1.807) is 0 Å². The highest BCUT2D eigenvalue weighted by atomic mass is 32.2. The molecule has 1 fully saturated rings. The van der Waals surface area contributed by atoms with E-state index >= 15 is 0 Å². The molecule has 0 spiro atoms. The molecule has 1 heterocycles.